The van der Waals surface area contributed by atoms with Crippen molar-refractivity contribution >= 4 is 17.5 Å². The molecule has 5 nitrogen and oxygen atoms in total. The van der Waals surface area contributed by atoms with E-state index in [4.69, 9.17) is 21.6 Å². The van der Waals surface area contributed by atoms with E-state index in [0.29, 0.717) is 24.6 Å². The molecule has 0 radical (unpaired) electrons. The molecule has 0 bridgehead atoms. The SMILES string of the molecule is CN(C)CCCOc1ccc(Cl)cc1CCNC(=O)CC#N. The Morgan fingerprint density at radius 3 is 2.91 bits per heavy atom. The number of ether oxygens (including phenoxy) is 1. The minimum Gasteiger partial charge on any atom is -0.493 e. The molecule has 0 saturated heterocycles. The summed E-state index contributed by atoms with van der Waals surface area (Å²) < 4.78 is 5.80. The highest BCUT2D eigenvalue weighted by Crippen LogP contribution is 2.23. The lowest BCUT2D eigenvalue weighted by Crippen LogP contribution is -2.25. The number of nitrogens with one attached hydrogen (secondary N) is 1. The molecule has 1 amide bonds. The van der Waals surface area contributed by atoms with Crippen molar-refractivity contribution < 1.29 is 9.53 Å². The zero-order chi connectivity index (χ0) is 16.4. The number of nitrogens with zero attached hydrogens (tertiary/aromatic N) is 2. The lowest BCUT2D eigenvalue weighted by Gasteiger charge is -2.14. The lowest BCUT2D eigenvalue weighted by molar-refractivity contribution is -0.120. The van der Waals surface area contributed by atoms with Crippen LogP contribution in [-0.4, -0.2) is 44.6 Å². The van der Waals surface area contributed by atoms with Gasteiger partial charge in [-0.3, -0.25) is 4.79 Å². The molecule has 1 N–H and O–H groups in total. The van der Waals surface area contributed by atoms with E-state index in [9.17, 15) is 4.79 Å². The standard InChI is InChI=1S/C16H22ClN3O2/c1-20(2)10-3-11-22-15-5-4-14(17)12-13(15)7-9-19-16(21)6-8-18/h4-5,12H,3,6-7,9-11H2,1-2H3,(H,19,21). The highest BCUT2D eigenvalue weighted by molar-refractivity contribution is 6.30. The van der Waals surface area contributed by atoms with Crippen molar-refractivity contribution in [1.29, 1.82) is 5.26 Å². The minimum atomic E-state index is -0.266. The molecule has 0 aliphatic rings. The number of benzene rings is 1. The van der Waals surface area contributed by atoms with Crippen LogP contribution in [0.4, 0.5) is 0 Å². The Labute approximate surface area is 136 Å². The van der Waals surface area contributed by atoms with Gasteiger partial charge in [0.15, 0.2) is 0 Å². The Bertz CT molecular complexity index is 527. The average molecular weight is 324 g/mol. The molecule has 0 saturated carbocycles. The fourth-order valence-corrected chi connectivity index (χ4v) is 2.11. The van der Waals surface area contributed by atoms with Crippen molar-refractivity contribution in [3.05, 3.63) is 28.8 Å². The van der Waals surface area contributed by atoms with Crippen molar-refractivity contribution in [1.82, 2.24) is 10.2 Å². The molecular weight excluding hydrogens is 302 g/mol. The van der Waals surface area contributed by atoms with Gasteiger partial charge in [0.05, 0.1) is 12.7 Å². The first-order chi connectivity index (χ1) is 10.5. The zero-order valence-electron chi connectivity index (χ0n) is 13.1. The van der Waals surface area contributed by atoms with Crippen molar-refractivity contribution in [3.63, 3.8) is 0 Å². The van der Waals surface area contributed by atoms with Gasteiger partial charge in [-0.2, -0.15) is 5.26 Å². The summed E-state index contributed by atoms with van der Waals surface area (Å²) in [5, 5.41) is 11.8. The Kier molecular flexibility index (Phi) is 8.34. The Hall–Kier alpha value is -1.77. The maximum atomic E-state index is 11.3. The molecule has 120 valence electrons. The maximum absolute atomic E-state index is 11.3. The molecule has 22 heavy (non-hydrogen) atoms. The summed E-state index contributed by atoms with van der Waals surface area (Å²) in [7, 11) is 4.05. The van der Waals surface area contributed by atoms with E-state index in [2.05, 4.69) is 10.2 Å². The van der Waals surface area contributed by atoms with Crippen molar-refractivity contribution in [2.75, 3.05) is 33.8 Å². The van der Waals surface area contributed by atoms with E-state index in [1.165, 1.54) is 0 Å². The first-order valence-electron chi connectivity index (χ1n) is 7.22. The highest BCUT2D eigenvalue weighted by atomic mass is 35.5. The third-order valence-corrected chi connectivity index (χ3v) is 3.22. The highest BCUT2D eigenvalue weighted by Gasteiger charge is 2.06. The Balaban J connectivity index is 2.51. The molecule has 1 rings (SSSR count). The molecule has 0 aromatic heterocycles. The number of amides is 1. The lowest BCUT2D eigenvalue weighted by atomic mass is 10.1. The summed E-state index contributed by atoms with van der Waals surface area (Å²) >= 11 is 6.02. The monoisotopic (exact) mass is 323 g/mol. The quantitative estimate of drug-likeness (QED) is 0.708. The van der Waals surface area contributed by atoms with Gasteiger partial charge in [-0.05, 0) is 50.7 Å². The van der Waals surface area contributed by atoms with E-state index in [1.807, 2.05) is 32.3 Å². The minimum absolute atomic E-state index is 0.122. The normalized spacial score (nSPS) is 10.3. The second-order valence-electron chi connectivity index (χ2n) is 5.19. The van der Waals surface area contributed by atoms with Crippen LogP contribution in [0.2, 0.25) is 5.02 Å². The average Bonchev–Trinajstić information content (AvgIpc) is 2.45. The van der Waals surface area contributed by atoms with Crippen LogP contribution in [0.1, 0.15) is 18.4 Å². The predicted octanol–water partition coefficient (Wildman–Crippen LogP) is 2.24. The van der Waals surface area contributed by atoms with Gasteiger partial charge in [0.1, 0.15) is 12.2 Å². The number of halogens is 1. The molecule has 0 aliphatic carbocycles. The molecule has 0 atom stereocenters. The van der Waals surface area contributed by atoms with Crippen LogP contribution < -0.4 is 10.1 Å². The van der Waals surface area contributed by atoms with Crippen LogP contribution in [0.3, 0.4) is 0 Å². The molecule has 0 heterocycles. The van der Waals surface area contributed by atoms with Gasteiger partial charge in [-0.25, -0.2) is 0 Å². The van der Waals surface area contributed by atoms with Gasteiger partial charge in [0, 0.05) is 18.1 Å². The third-order valence-electron chi connectivity index (χ3n) is 2.99. The summed E-state index contributed by atoms with van der Waals surface area (Å²) in [4.78, 5) is 13.4. The molecule has 0 fully saturated rings. The summed E-state index contributed by atoms with van der Waals surface area (Å²) in [6.45, 7) is 2.05. The second-order valence-corrected chi connectivity index (χ2v) is 5.63. The molecule has 6 heteroatoms. The number of hydrogen-bond donors (Lipinski definition) is 1. The Morgan fingerprint density at radius 1 is 1.45 bits per heavy atom. The number of nitriles is 1. The van der Waals surface area contributed by atoms with E-state index in [-0.39, 0.29) is 12.3 Å². The van der Waals surface area contributed by atoms with Crippen molar-refractivity contribution in [2.24, 2.45) is 0 Å². The number of carbonyl (C=O) groups excluding carboxylic acids is 1. The fourth-order valence-electron chi connectivity index (χ4n) is 1.92. The van der Waals surface area contributed by atoms with E-state index in [1.54, 1.807) is 6.07 Å². The topological polar surface area (TPSA) is 65.4 Å². The summed E-state index contributed by atoms with van der Waals surface area (Å²) in [6.07, 6.45) is 1.43. The zero-order valence-corrected chi connectivity index (χ0v) is 13.8. The Morgan fingerprint density at radius 2 is 2.23 bits per heavy atom. The van der Waals surface area contributed by atoms with Crippen LogP contribution in [0.25, 0.3) is 0 Å². The van der Waals surface area contributed by atoms with Crippen LogP contribution in [0.15, 0.2) is 18.2 Å². The number of carbonyl (C=O) groups is 1. The van der Waals surface area contributed by atoms with Crippen LogP contribution >= 0.6 is 11.6 Å². The first kappa shape index (κ1) is 18.3. The van der Waals surface area contributed by atoms with E-state index < -0.39 is 0 Å². The van der Waals surface area contributed by atoms with Crippen LogP contribution in [0, 0.1) is 11.3 Å². The van der Waals surface area contributed by atoms with E-state index in [0.717, 1.165) is 24.3 Å². The predicted molar refractivity (Wildman–Crippen MR) is 87.1 cm³/mol. The summed E-state index contributed by atoms with van der Waals surface area (Å²) in [5.41, 5.74) is 0.953. The fraction of sp³-hybridized carbons (Fsp3) is 0.500. The second kappa shape index (κ2) is 10.0. The van der Waals surface area contributed by atoms with Crippen molar-refractivity contribution in [2.45, 2.75) is 19.3 Å². The molecular formula is C16H22ClN3O2. The van der Waals surface area contributed by atoms with Gasteiger partial charge < -0.3 is 15.0 Å². The molecule has 1 aromatic carbocycles. The first-order valence-corrected chi connectivity index (χ1v) is 7.60. The third kappa shape index (κ3) is 7.30. The molecule has 0 spiro atoms. The van der Waals surface area contributed by atoms with Gasteiger partial charge in [-0.1, -0.05) is 11.6 Å². The largest absolute Gasteiger partial charge is 0.493 e. The van der Waals surface area contributed by atoms with Gasteiger partial charge in [0.25, 0.3) is 0 Å². The molecule has 0 unspecified atom stereocenters. The molecule has 0 aliphatic heterocycles. The smallest absolute Gasteiger partial charge is 0.234 e. The number of hydrogen-bond acceptors (Lipinski definition) is 4. The van der Waals surface area contributed by atoms with Crippen LogP contribution in [0.5, 0.6) is 5.75 Å². The van der Waals surface area contributed by atoms with E-state index >= 15 is 0 Å². The van der Waals surface area contributed by atoms with Gasteiger partial charge >= 0.3 is 0 Å². The van der Waals surface area contributed by atoms with Gasteiger partial charge in [0.2, 0.25) is 5.91 Å². The summed E-state index contributed by atoms with van der Waals surface area (Å²) in [5.74, 6) is 0.524. The summed E-state index contributed by atoms with van der Waals surface area (Å²) in [6, 6.07) is 7.31. The van der Waals surface area contributed by atoms with Gasteiger partial charge in [-0.15, -0.1) is 0 Å². The maximum Gasteiger partial charge on any atom is 0.234 e. The van der Waals surface area contributed by atoms with Crippen molar-refractivity contribution in [3.8, 4) is 11.8 Å². The van der Waals surface area contributed by atoms with Crippen LogP contribution in [-0.2, 0) is 11.2 Å². The number of rotatable bonds is 9. The molecule has 1 aromatic rings.